The molecule has 2 saturated heterocycles. The Labute approximate surface area is 120 Å². The minimum absolute atomic E-state index is 0.0222. The van der Waals surface area contributed by atoms with Crippen LogP contribution in [-0.4, -0.2) is 51.2 Å². The van der Waals surface area contributed by atoms with E-state index in [0.29, 0.717) is 6.42 Å². The topological polar surface area (TPSA) is 60.8 Å². The first-order valence-electron chi connectivity index (χ1n) is 8.20. The van der Waals surface area contributed by atoms with Crippen molar-refractivity contribution in [2.75, 3.05) is 13.1 Å². The van der Waals surface area contributed by atoms with E-state index in [4.69, 9.17) is 0 Å². The second kappa shape index (κ2) is 4.05. The van der Waals surface area contributed by atoms with Crippen LogP contribution < -0.4 is 0 Å². The van der Waals surface area contributed by atoms with Gasteiger partial charge in [0.05, 0.1) is 23.2 Å². The van der Waals surface area contributed by atoms with Crippen LogP contribution in [0.3, 0.4) is 0 Å². The number of rotatable bonds is 0. The summed E-state index contributed by atoms with van der Waals surface area (Å²) in [7, 11) is 0. The van der Waals surface area contributed by atoms with E-state index in [1.807, 2.05) is 6.92 Å². The van der Waals surface area contributed by atoms with E-state index in [1.54, 1.807) is 0 Å². The van der Waals surface area contributed by atoms with Crippen LogP contribution in [0, 0.1) is 17.8 Å². The van der Waals surface area contributed by atoms with E-state index >= 15 is 0 Å². The average Bonchev–Trinajstić information content (AvgIpc) is 2.41. The Bertz CT molecular complexity index is 451. The van der Waals surface area contributed by atoms with Crippen LogP contribution in [-0.2, 0) is 4.79 Å². The van der Waals surface area contributed by atoms with Crippen molar-refractivity contribution in [2.24, 2.45) is 17.8 Å². The molecule has 2 bridgehead atoms. The van der Waals surface area contributed by atoms with Gasteiger partial charge in [0.25, 0.3) is 0 Å². The first-order valence-corrected chi connectivity index (χ1v) is 8.20. The smallest absolute Gasteiger partial charge is 0.141 e. The number of piperidine rings is 2. The zero-order valence-electron chi connectivity index (χ0n) is 12.2. The normalized spacial score (nSPS) is 55.5. The number of Topliss-reactive ketones (excluding diaryl/α,β-unsaturated/α-hetero) is 1. The summed E-state index contributed by atoms with van der Waals surface area (Å²) in [5, 5.41) is 22.1. The number of nitrogens with zero attached hydrogens (tertiary/aromatic N) is 1. The van der Waals surface area contributed by atoms with Gasteiger partial charge >= 0.3 is 0 Å². The van der Waals surface area contributed by atoms with Gasteiger partial charge < -0.3 is 10.2 Å². The van der Waals surface area contributed by atoms with Gasteiger partial charge in [0, 0.05) is 11.8 Å². The van der Waals surface area contributed by atoms with E-state index in [2.05, 4.69) is 4.90 Å². The van der Waals surface area contributed by atoms with Gasteiger partial charge in [-0.3, -0.25) is 9.69 Å². The molecule has 0 radical (unpaired) electrons. The zero-order chi connectivity index (χ0) is 14.1. The van der Waals surface area contributed by atoms with Gasteiger partial charge in [0.15, 0.2) is 0 Å². The van der Waals surface area contributed by atoms with Gasteiger partial charge in [0.1, 0.15) is 5.78 Å². The van der Waals surface area contributed by atoms with Crippen LogP contribution >= 0.6 is 0 Å². The maximum atomic E-state index is 12.6. The molecule has 2 aliphatic heterocycles. The van der Waals surface area contributed by atoms with Crippen molar-refractivity contribution in [3.8, 4) is 0 Å². The van der Waals surface area contributed by atoms with Gasteiger partial charge in [-0.2, -0.15) is 0 Å². The van der Waals surface area contributed by atoms with Gasteiger partial charge in [0.2, 0.25) is 0 Å². The van der Waals surface area contributed by atoms with Crippen molar-refractivity contribution >= 4 is 5.78 Å². The number of ketones is 1. The second-order valence-electron chi connectivity index (χ2n) is 7.55. The SMILES string of the molecule is C[C@H]1C[C@@]23[C@@H]4CCCN2CCC[C@]3(O)[C@H](C[C@H]4O)C1=O. The molecule has 2 aliphatic carbocycles. The highest BCUT2D eigenvalue weighted by Crippen LogP contribution is 2.61. The summed E-state index contributed by atoms with van der Waals surface area (Å²) in [6.07, 6.45) is 4.59. The molecule has 6 atom stereocenters. The number of carbonyl (C=O) groups excluding carboxylic acids is 1. The lowest BCUT2D eigenvalue weighted by Crippen LogP contribution is -2.81. The molecule has 0 unspecified atom stereocenters. The van der Waals surface area contributed by atoms with Crippen molar-refractivity contribution in [2.45, 2.75) is 62.7 Å². The van der Waals surface area contributed by atoms with Gasteiger partial charge in [-0.15, -0.1) is 0 Å². The fourth-order valence-corrected chi connectivity index (χ4v) is 6.14. The predicted molar refractivity (Wildman–Crippen MR) is 74.1 cm³/mol. The van der Waals surface area contributed by atoms with Crippen molar-refractivity contribution < 1.29 is 15.0 Å². The Hall–Kier alpha value is -0.450. The van der Waals surface area contributed by atoms with Crippen molar-refractivity contribution in [1.29, 1.82) is 0 Å². The van der Waals surface area contributed by atoms with Crippen LogP contribution in [0.15, 0.2) is 0 Å². The maximum absolute atomic E-state index is 12.6. The summed E-state index contributed by atoms with van der Waals surface area (Å²) in [6, 6.07) is 0. The highest BCUT2D eigenvalue weighted by Gasteiger charge is 2.71. The van der Waals surface area contributed by atoms with Crippen LogP contribution in [0.2, 0.25) is 0 Å². The number of aliphatic hydroxyl groups is 2. The van der Waals surface area contributed by atoms with Crippen molar-refractivity contribution in [3.05, 3.63) is 0 Å². The molecule has 20 heavy (non-hydrogen) atoms. The summed E-state index contributed by atoms with van der Waals surface area (Å²) in [4.78, 5) is 15.0. The van der Waals surface area contributed by atoms with Gasteiger partial charge in [-0.05, 0) is 51.6 Å². The summed E-state index contributed by atoms with van der Waals surface area (Å²) < 4.78 is 0. The Morgan fingerprint density at radius 2 is 2.05 bits per heavy atom. The third-order valence-electron chi connectivity index (χ3n) is 6.82. The molecule has 0 amide bonds. The molecule has 4 heteroatoms. The highest BCUT2D eigenvalue weighted by molar-refractivity contribution is 5.86. The molecule has 0 aromatic carbocycles. The van der Waals surface area contributed by atoms with E-state index < -0.39 is 11.7 Å². The number of hydrogen-bond donors (Lipinski definition) is 2. The van der Waals surface area contributed by atoms with Crippen LogP contribution in [0.4, 0.5) is 0 Å². The summed E-state index contributed by atoms with van der Waals surface area (Å²) in [5.74, 6) is 0.00349. The Balaban J connectivity index is 1.90. The Morgan fingerprint density at radius 1 is 1.30 bits per heavy atom. The second-order valence-corrected chi connectivity index (χ2v) is 7.55. The van der Waals surface area contributed by atoms with Crippen LogP contribution in [0.5, 0.6) is 0 Å². The quantitative estimate of drug-likeness (QED) is 0.693. The lowest BCUT2D eigenvalue weighted by Gasteiger charge is -2.70. The van der Waals surface area contributed by atoms with Gasteiger partial charge in [-0.25, -0.2) is 0 Å². The summed E-state index contributed by atoms with van der Waals surface area (Å²) in [5.41, 5.74) is -1.22. The molecule has 112 valence electrons. The van der Waals surface area contributed by atoms with Crippen molar-refractivity contribution in [1.82, 2.24) is 4.90 Å². The third-order valence-corrected chi connectivity index (χ3v) is 6.82. The Kier molecular flexibility index (Phi) is 2.68. The fraction of sp³-hybridized carbons (Fsp3) is 0.938. The molecule has 2 saturated carbocycles. The number of carbonyl (C=O) groups is 1. The summed E-state index contributed by atoms with van der Waals surface area (Å²) >= 11 is 0. The van der Waals surface area contributed by atoms with Gasteiger partial charge in [-0.1, -0.05) is 6.92 Å². The first kappa shape index (κ1) is 13.2. The lowest BCUT2D eigenvalue weighted by atomic mass is 9.45. The number of hydrogen-bond acceptors (Lipinski definition) is 4. The molecule has 4 aliphatic rings. The molecule has 4 rings (SSSR count). The maximum Gasteiger partial charge on any atom is 0.141 e. The predicted octanol–water partition coefficient (Wildman–Crippen LogP) is 0.952. The molecular formula is C16H25NO3. The van der Waals surface area contributed by atoms with E-state index in [-0.39, 0.29) is 29.1 Å². The van der Waals surface area contributed by atoms with Crippen LogP contribution in [0.25, 0.3) is 0 Å². The molecule has 1 spiro atoms. The summed E-state index contributed by atoms with van der Waals surface area (Å²) in [6.45, 7) is 4.04. The van der Waals surface area contributed by atoms with Crippen LogP contribution in [0.1, 0.15) is 45.4 Å². The molecule has 0 aromatic rings. The standard InChI is InChI=1S/C16H25NO3/c1-10-9-15-11-4-2-6-17(15)7-3-5-16(15,20)12(14(10)19)8-13(11)18/h10-13,18,20H,2-9H2,1H3/t10-,11+,12+,13+,15-,16-/m0/s1. The zero-order valence-corrected chi connectivity index (χ0v) is 12.2. The minimum atomic E-state index is -0.890. The molecule has 4 nitrogen and oxygen atoms in total. The first-order chi connectivity index (χ1) is 9.50. The monoisotopic (exact) mass is 279 g/mol. The molecule has 2 N–H and O–H groups in total. The molecule has 4 fully saturated rings. The fourth-order valence-electron chi connectivity index (χ4n) is 6.14. The van der Waals surface area contributed by atoms with E-state index in [1.165, 1.54) is 0 Å². The number of aliphatic hydroxyl groups excluding tert-OH is 1. The third kappa shape index (κ3) is 1.31. The highest BCUT2D eigenvalue weighted by atomic mass is 16.3. The average molecular weight is 279 g/mol. The van der Waals surface area contributed by atoms with Crippen molar-refractivity contribution in [3.63, 3.8) is 0 Å². The lowest BCUT2D eigenvalue weighted by molar-refractivity contribution is -0.268. The Morgan fingerprint density at radius 3 is 2.85 bits per heavy atom. The molecule has 2 heterocycles. The van der Waals surface area contributed by atoms with E-state index in [0.717, 1.165) is 45.2 Å². The minimum Gasteiger partial charge on any atom is -0.393 e. The molecular weight excluding hydrogens is 254 g/mol. The molecule has 0 aromatic heterocycles. The van der Waals surface area contributed by atoms with E-state index in [9.17, 15) is 15.0 Å². The largest absolute Gasteiger partial charge is 0.393 e.